The summed E-state index contributed by atoms with van der Waals surface area (Å²) in [4.78, 5) is 4.93. The lowest BCUT2D eigenvalue weighted by Gasteiger charge is -2.38. The number of rotatable bonds is 6. The third kappa shape index (κ3) is 3.96. The van der Waals surface area contributed by atoms with Crippen LogP contribution in [0.25, 0.3) is 0 Å². The molecule has 0 amide bonds. The molecular formula is C19H28N6. The van der Waals surface area contributed by atoms with Gasteiger partial charge in [0.05, 0.1) is 12.1 Å². The van der Waals surface area contributed by atoms with Gasteiger partial charge in [0.2, 0.25) is 0 Å². The number of aryl methyl sites for hydroxylation is 1. The zero-order valence-electron chi connectivity index (χ0n) is 15.5. The van der Waals surface area contributed by atoms with E-state index < -0.39 is 0 Å². The molecule has 0 N–H and O–H groups in total. The molecule has 0 spiro atoms. The van der Waals surface area contributed by atoms with Crippen molar-refractivity contribution >= 4 is 0 Å². The van der Waals surface area contributed by atoms with Crippen LogP contribution in [-0.4, -0.2) is 62.7 Å². The molecule has 1 saturated heterocycles. The number of hydrogen-bond donors (Lipinski definition) is 0. The van der Waals surface area contributed by atoms with Crippen molar-refractivity contribution in [2.75, 3.05) is 32.7 Å². The summed E-state index contributed by atoms with van der Waals surface area (Å²) in [6.45, 7) is 15.2. The van der Waals surface area contributed by atoms with Crippen LogP contribution in [0.2, 0.25) is 0 Å². The quantitative estimate of drug-likeness (QED) is 0.756. The van der Waals surface area contributed by atoms with Crippen molar-refractivity contribution < 1.29 is 0 Å². The number of hydrogen-bond acceptors (Lipinski definition) is 5. The molecule has 1 unspecified atom stereocenters. The molecule has 1 aromatic carbocycles. The zero-order chi connectivity index (χ0) is 17.8. The Hall–Kier alpha value is -2.05. The lowest BCUT2D eigenvalue weighted by Crippen LogP contribution is -2.48. The van der Waals surface area contributed by atoms with E-state index in [1.807, 2.05) is 10.8 Å². The highest BCUT2D eigenvalue weighted by molar-refractivity contribution is 5.28. The highest BCUT2D eigenvalue weighted by atomic mass is 15.6. The molecule has 0 saturated carbocycles. The van der Waals surface area contributed by atoms with Crippen molar-refractivity contribution in [3.8, 4) is 0 Å². The van der Waals surface area contributed by atoms with Gasteiger partial charge in [0.15, 0.2) is 5.82 Å². The summed E-state index contributed by atoms with van der Waals surface area (Å²) in [6, 6.07) is 9.06. The normalized spacial score (nSPS) is 17.8. The van der Waals surface area contributed by atoms with E-state index in [0.29, 0.717) is 0 Å². The van der Waals surface area contributed by atoms with E-state index >= 15 is 0 Å². The molecule has 6 nitrogen and oxygen atoms in total. The first kappa shape index (κ1) is 17.8. The van der Waals surface area contributed by atoms with Crippen LogP contribution in [0.3, 0.4) is 0 Å². The Bertz CT molecular complexity index is 682. The van der Waals surface area contributed by atoms with Gasteiger partial charge in [-0.15, -0.1) is 11.7 Å². The van der Waals surface area contributed by atoms with E-state index in [2.05, 4.69) is 76.9 Å². The molecule has 0 aliphatic carbocycles. The Morgan fingerprint density at radius 3 is 2.40 bits per heavy atom. The van der Waals surface area contributed by atoms with Gasteiger partial charge < -0.3 is 0 Å². The van der Waals surface area contributed by atoms with Gasteiger partial charge in [-0.3, -0.25) is 9.80 Å². The summed E-state index contributed by atoms with van der Waals surface area (Å²) >= 11 is 0. The van der Waals surface area contributed by atoms with E-state index in [0.717, 1.165) is 38.5 Å². The Morgan fingerprint density at radius 2 is 1.80 bits per heavy atom. The number of aromatic nitrogens is 4. The first-order chi connectivity index (χ1) is 12.1. The third-order valence-corrected chi connectivity index (χ3v) is 4.80. The topological polar surface area (TPSA) is 50.1 Å². The Kier molecular flexibility index (Phi) is 5.60. The van der Waals surface area contributed by atoms with Crippen LogP contribution >= 0.6 is 0 Å². The van der Waals surface area contributed by atoms with Gasteiger partial charge in [-0.25, -0.2) is 4.68 Å². The predicted molar refractivity (Wildman–Crippen MR) is 99.4 cm³/mol. The summed E-state index contributed by atoms with van der Waals surface area (Å²) < 4.78 is 1.95. The monoisotopic (exact) mass is 340 g/mol. The smallest absolute Gasteiger partial charge is 0.173 e. The average molecular weight is 340 g/mol. The van der Waals surface area contributed by atoms with Crippen LogP contribution in [0.15, 0.2) is 36.9 Å². The van der Waals surface area contributed by atoms with Gasteiger partial charge in [-0.2, -0.15) is 0 Å². The minimum atomic E-state index is 0.0869. The Labute approximate surface area is 150 Å². The van der Waals surface area contributed by atoms with Gasteiger partial charge >= 0.3 is 0 Å². The largest absolute Gasteiger partial charge is 0.297 e. The highest BCUT2D eigenvalue weighted by Gasteiger charge is 2.30. The first-order valence-corrected chi connectivity index (χ1v) is 9.01. The van der Waals surface area contributed by atoms with Crippen molar-refractivity contribution in [2.24, 2.45) is 0 Å². The fourth-order valence-electron chi connectivity index (χ4n) is 3.41. The molecule has 2 heterocycles. The van der Waals surface area contributed by atoms with Gasteiger partial charge in [0.25, 0.3) is 0 Å². The Balaban J connectivity index is 1.91. The molecule has 1 atom stereocenters. The molecule has 1 aliphatic heterocycles. The van der Waals surface area contributed by atoms with Gasteiger partial charge in [0, 0.05) is 32.7 Å². The zero-order valence-corrected chi connectivity index (χ0v) is 15.5. The number of benzene rings is 1. The standard InChI is InChI=1S/C19H28N6/c1-5-10-23-11-13-24(14-12-23)18(17-8-6-16(4)7-9-17)19-20-21-22-25(19)15(2)3/h5-9,15,18H,1,10-14H2,2-4H3. The molecule has 0 radical (unpaired) electrons. The average Bonchev–Trinajstić information content (AvgIpc) is 3.08. The minimum absolute atomic E-state index is 0.0869. The predicted octanol–water partition coefficient (Wildman–Crippen LogP) is 2.46. The second-order valence-corrected chi connectivity index (χ2v) is 7.01. The highest BCUT2D eigenvalue weighted by Crippen LogP contribution is 2.29. The molecule has 2 aromatic rings. The van der Waals surface area contributed by atoms with Gasteiger partial charge in [-0.05, 0) is 36.8 Å². The van der Waals surface area contributed by atoms with E-state index in [9.17, 15) is 0 Å². The van der Waals surface area contributed by atoms with E-state index in [1.54, 1.807) is 0 Å². The second-order valence-electron chi connectivity index (χ2n) is 7.01. The van der Waals surface area contributed by atoms with Gasteiger partial charge in [0.1, 0.15) is 0 Å². The van der Waals surface area contributed by atoms with E-state index in [-0.39, 0.29) is 12.1 Å². The molecule has 0 bridgehead atoms. The van der Waals surface area contributed by atoms with Crippen LogP contribution in [0.1, 0.15) is 42.9 Å². The van der Waals surface area contributed by atoms with Crippen LogP contribution in [-0.2, 0) is 0 Å². The molecule has 6 heteroatoms. The fraction of sp³-hybridized carbons (Fsp3) is 0.526. The molecule has 1 aliphatic rings. The van der Waals surface area contributed by atoms with Crippen LogP contribution < -0.4 is 0 Å². The van der Waals surface area contributed by atoms with Crippen molar-refractivity contribution in [3.05, 3.63) is 53.9 Å². The summed E-state index contributed by atoms with van der Waals surface area (Å²) in [5.41, 5.74) is 2.52. The van der Waals surface area contributed by atoms with Crippen molar-refractivity contribution in [1.29, 1.82) is 0 Å². The summed E-state index contributed by atoms with van der Waals surface area (Å²) in [5, 5.41) is 12.6. The van der Waals surface area contributed by atoms with Crippen molar-refractivity contribution in [2.45, 2.75) is 32.9 Å². The van der Waals surface area contributed by atoms with Crippen LogP contribution in [0.4, 0.5) is 0 Å². The molecule has 134 valence electrons. The number of piperazine rings is 1. The lowest BCUT2D eigenvalue weighted by molar-refractivity contribution is 0.112. The van der Waals surface area contributed by atoms with E-state index in [4.69, 9.17) is 0 Å². The summed E-state index contributed by atoms with van der Waals surface area (Å²) in [7, 11) is 0. The lowest BCUT2D eigenvalue weighted by atomic mass is 10.0. The molecule has 25 heavy (non-hydrogen) atoms. The maximum atomic E-state index is 4.40. The van der Waals surface area contributed by atoms with Crippen molar-refractivity contribution in [3.63, 3.8) is 0 Å². The fourth-order valence-corrected chi connectivity index (χ4v) is 3.41. The molecule has 1 aromatic heterocycles. The second kappa shape index (κ2) is 7.89. The minimum Gasteiger partial charge on any atom is -0.297 e. The first-order valence-electron chi connectivity index (χ1n) is 9.01. The number of nitrogens with zero attached hydrogens (tertiary/aromatic N) is 6. The van der Waals surface area contributed by atoms with Crippen molar-refractivity contribution in [1.82, 2.24) is 30.0 Å². The SMILES string of the molecule is C=CCN1CCN(C(c2ccc(C)cc2)c2nnnn2C(C)C)CC1. The maximum absolute atomic E-state index is 4.40. The maximum Gasteiger partial charge on any atom is 0.173 e. The number of tetrazole rings is 1. The summed E-state index contributed by atoms with van der Waals surface area (Å²) in [6.07, 6.45) is 1.98. The van der Waals surface area contributed by atoms with Crippen LogP contribution in [0.5, 0.6) is 0 Å². The molecule has 3 rings (SSSR count). The van der Waals surface area contributed by atoms with E-state index in [1.165, 1.54) is 11.1 Å². The molecule has 1 fully saturated rings. The molecular weight excluding hydrogens is 312 g/mol. The Morgan fingerprint density at radius 1 is 1.12 bits per heavy atom. The summed E-state index contributed by atoms with van der Waals surface area (Å²) in [5.74, 6) is 0.927. The van der Waals surface area contributed by atoms with Crippen LogP contribution in [0, 0.1) is 6.92 Å². The third-order valence-electron chi connectivity index (χ3n) is 4.80. The van der Waals surface area contributed by atoms with Gasteiger partial charge in [-0.1, -0.05) is 35.9 Å².